The van der Waals surface area contributed by atoms with E-state index in [2.05, 4.69) is 20.4 Å². The molecule has 0 aliphatic carbocycles. The largest absolute Gasteiger partial charge is 0.362 e. The molecule has 2 rings (SSSR count). The van der Waals surface area contributed by atoms with E-state index in [9.17, 15) is 0 Å². The highest BCUT2D eigenvalue weighted by molar-refractivity contribution is 5.53. The lowest BCUT2D eigenvalue weighted by Crippen LogP contribution is -2.01. The Labute approximate surface area is 80.1 Å². The third kappa shape index (κ3) is 1.69. The minimum atomic E-state index is 0.367. The third-order valence-corrected chi connectivity index (χ3v) is 1.67. The Hall–Kier alpha value is -1.95. The summed E-state index contributed by atoms with van der Waals surface area (Å²) >= 11 is 0. The van der Waals surface area contributed by atoms with Crippen LogP contribution in [0.25, 0.3) is 0 Å². The molecule has 0 amide bonds. The number of hydrogen-bond acceptors (Lipinski definition) is 6. The Morgan fingerprint density at radius 1 is 1.43 bits per heavy atom. The quantitative estimate of drug-likeness (QED) is 0.740. The molecular formula is C8H9N5O. The summed E-state index contributed by atoms with van der Waals surface area (Å²) in [5.74, 6) is 1.18. The zero-order valence-electron chi connectivity index (χ0n) is 7.34. The second-order valence-corrected chi connectivity index (χ2v) is 2.61. The standard InChI is InChI=1S/C8H9N5O/c9-3-6-5-14-13-8(6)12-7-4-10-1-2-11-7/h1-2,4-5H,3,9H2,(H,11,12,13). The first-order valence-electron chi connectivity index (χ1n) is 4.06. The molecule has 0 radical (unpaired) electrons. The maximum absolute atomic E-state index is 5.47. The highest BCUT2D eigenvalue weighted by Gasteiger charge is 2.05. The van der Waals surface area contributed by atoms with Crippen molar-refractivity contribution in [3.8, 4) is 0 Å². The van der Waals surface area contributed by atoms with Crippen LogP contribution in [0.4, 0.5) is 11.6 Å². The Morgan fingerprint density at radius 3 is 3.07 bits per heavy atom. The second-order valence-electron chi connectivity index (χ2n) is 2.61. The molecule has 0 saturated heterocycles. The van der Waals surface area contributed by atoms with Crippen molar-refractivity contribution in [1.29, 1.82) is 0 Å². The Morgan fingerprint density at radius 2 is 2.36 bits per heavy atom. The lowest BCUT2D eigenvalue weighted by Gasteiger charge is -2.00. The lowest BCUT2D eigenvalue weighted by molar-refractivity contribution is 0.422. The number of nitrogens with two attached hydrogens (primary N) is 1. The number of nitrogens with zero attached hydrogens (tertiary/aromatic N) is 3. The molecule has 0 saturated carbocycles. The first-order valence-corrected chi connectivity index (χ1v) is 4.06. The second kappa shape index (κ2) is 3.84. The molecule has 2 aromatic heterocycles. The number of anilines is 2. The van der Waals surface area contributed by atoms with Gasteiger partial charge in [0.05, 0.1) is 6.20 Å². The van der Waals surface area contributed by atoms with Gasteiger partial charge in [0.2, 0.25) is 0 Å². The van der Waals surface area contributed by atoms with Gasteiger partial charge in [-0.1, -0.05) is 5.16 Å². The van der Waals surface area contributed by atoms with Crippen molar-refractivity contribution < 1.29 is 4.52 Å². The topological polar surface area (TPSA) is 89.9 Å². The van der Waals surface area contributed by atoms with Crippen LogP contribution in [0.3, 0.4) is 0 Å². The van der Waals surface area contributed by atoms with E-state index in [1.165, 1.54) is 6.26 Å². The predicted molar refractivity (Wildman–Crippen MR) is 49.7 cm³/mol. The summed E-state index contributed by atoms with van der Waals surface area (Å²) in [7, 11) is 0. The van der Waals surface area contributed by atoms with Crippen molar-refractivity contribution >= 4 is 11.6 Å². The molecule has 2 aromatic rings. The molecule has 0 spiro atoms. The van der Waals surface area contributed by atoms with Crippen LogP contribution >= 0.6 is 0 Å². The van der Waals surface area contributed by atoms with Gasteiger partial charge in [-0.2, -0.15) is 0 Å². The van der Waals surface area contributed by atoms with Gasteiger partial charge in [0, 0.05) is 24.5 Å². The first kappa shape index (κ1) is 8.64. The number of rotatable bonds is 3. The third-order valence-electron chi connectivity index (χ3n) is 1.67. The van der Waals surface area contributed by atoms with Crippen molar-refractivity contribution in [1.82, 2.24) is 15.1 Å². The summed E-state index contributed by atoms with van der Waals surface area (Å²) in [5, 5.41) is 6.69. The zero-order valence-corrected chi connectivity index (χ0v) is 7.34. The van der Waals surface area contributed by atoms with Crippen LogP contribution in [0.2, 0.25) is 0 Å². The molecule has 0 fully saturated rings. The number of nitrogens with one attached hydrogen (secondary N) is 1. The molecule has 72 valence electrons. The van der Waals surface area contributed by atoms with E-state index < -0.39 is 0 Å². The summed E-state index contributed by atoms with van der Waals surface area (Å²) in [6.07, 6.45) is 6.27. The molecule has 6 nitrogen and oxygen atoms in total. The van der Waals surface area contributed by atoms with Crippen LogP contribution in [0.15, 0.2) is 29.4 Å². The van der Waals surface area contributed by atoms with Gasteiger partial charge in [-0.3, -0.25) is 4.98 Å². The summed E-state index contributed by atoms with van der Waals surface area (Å²) < 4.78 is 4.77. The number of aromatic nitrogens is 3. The van der Waals surface area contributed by atoms with Gasteiger partial charge in [0.1, 0.15) is 12.1 Å². The fraction of sp³-hybridized carbons (Fsp3) is 0.125. The van der Waals surface area contributed by atoms with E-state index in [0.717, 1.165) is 5.56 Å². The van der Waals surface area contributed by atoms with Crippen molar-refractivity contribution in [2.45, 2.75) is 6.54 Å². The van der Waals surface area contributed by atoms with Gasteiger partial charge < -0.3 is 15.6 Å². The molecule has 0 atom stereocenters. The van der Waals surface area contributed by atoms with Gasteiger partial charge in [-0.25, -0.2) is 4.98 Å². The number of hydrogen-bond donors (Lipinski definition) is 2. The van der Waals surface area contributed by atoms with E-state index in [1.54, 1.807) is 18.6 Å². The Balaban J connectivity index is 2.19. The normalized spacial score (nSPS) is 10.1. The van der Waals surface area contributed by atoms with Crippen LogP contribution in [0.5, 0.6) is 0 Å². The lowest BCUT2D eigenvalue weighted by atomic mass is 10.3. The van der Waals surface area contributed by atoms with Crippen molar-refractivity contribution in [2.24, 2.45) is 5.73 Å². The van der Waals surface area contributed by atoms with E-state index in [-0.39, 0.29) is 0 Å². The van der Waals surface area contributed by atoms with Crippen molar-refractivity contribution in [2.75, 3.05) is 5.32 Å². The van der Waals surface area contributed by atoms with Gasteiger partial charge in [-0.05, 0) is 0 Å². The van der Waals surface area contributed by atoms with Gasteiger partial charge >= 0.3 is 0 Å². The van der Waals surface area contributed by atoms with Crippen LogP contribution in [-0.2, 0) is 6.54 Å². The van der Waals surface area contributed by atoms with Crippen molar-refractivity contribution in [3.05, 3.63) is 30.4 Å². The first-order chi connectivity index (χ1) is 6.90. The molecular weight excluding hydrogens is 182 g/mol. The van der Waals surface area contributed by atoms with Gasteiger partial charge in [0.15, 0.2) is 5.82 Å². The van der Waals surface area contributed by atoms with Crippen LogP contribution in [0, 0.1) is 0 Å². The highest BCUT2D eigenvalue weighted by atomic mass is 16.5. The molecule has 6 heteroatoms. The van der Waals surface area contributed by atoms with E-state index in [4.69, 9.17) is 10.3 Å². The van der Waals surface area contributed by atoms with Crippen molar-refractivity contribution in [3.63, 3.8) is 0 Å². The Bertz CT molecular complexity index is 399. The van der Waals surface area contributed by atoms with Gasteiger partial charge in [0.25, 0.3) is 0 Å². The molecule has 0 aliphatic rings. The smallest absolute Gasteiger partial charge is 0.179 e. The minimum Gasteiger partial charge on any atom is -0.362 e. The average molecular weight is 191 g/mol. The van der Waals surface area contributed by atoms with Gasteiger partial charge in [-0.15, -0.1) is 0 Å². The molecule has 0 bridgehead atoms. The maximum atomic E-state index is 5.47. The minimum absolute atomic E-state index is 0.367. The highest BCUT2D eigenvalue weighted by Crippen LogP contribution is 2.15. The average Bonchev–Trinajstić information content (AvgIpc) is 2.67. The van der Waals surface area contributed by atoms with Crippen LogP contribution in [0.1, 0.15) is 5.56 Å². The van der Waals surface area contributed by atoms with Crippen LogP contribution in [-0.4, -0.2) is 15.1 Å². The van der Waals surface area contributed by atoms with E-state index in [0.29, 0.717) is 18.2 Å². The zero-order chi connectivity index (χ0) is 9.80. The molecule has 0 unspecified atom stereocenters. The SMILES string of the molecule is NCc1conc1Nc1cnccn1. The van der Waals surface area contributed by atoms with E-state index in [1.807, 2.05) is 0 Å². The summed E-state index contributed by atoms with van der Waals surface area (Å²) in [6.45, 7) is 0.367. The monoisotopic (exact) mass is 191 g/mol. The molecule has 2 heterocycles. The molecule has 0 aliphatic heterocycles. The molecule has 14 heavy (non-hydrogen) atoms. The van der Waals surface area contributed by atoms with Crippen LogP contribution < -0.4 is 11.1 Å². The Kier molecular flexibility index (Phi) is 2.37. The molecule has 0 aromatic carbocycles. The summed E-state index contributed by atoms with van der Waals surface area (Å²) in [4.78, 5) is 7.94. The fourth-order valence-corrected chi connectivity index (χ4v) is 0.990. The fourth-order valence-electron chi connectivity index (χ4n) is 0.990. The predicted octanol–water partition coefficient (Wildman–Crippen LogP) is 0.667. The summed E-state index contributed by atoms with van der Waals surface area (Å²) in [6, 6.07) is 0. The van der Waals surface area contributed by atoms with E-state index >= 15 is 0 Å². The molecule has 3 N–H and O–H groups in total. The maximum Gasteiger partial charge on any atom is 0.179 e. The summed E-state index contributed by atoms with van der Waals surface area (Å²) in [5.41, 5.74) is 6.27.